The van der Waals surface area contributed by atoms with Gasteiger partial charge in [0.25, 0.3) is 0 Å². The van der Waals surface area contributed by atoms with Crippen LogP contribution in [0.1, 0.15) is 24.4 Å². The molecule has 2 aromatic rings. The van der Waals surface area contributed by atoms with Gasteiger partial charge in [0.05, 0.1) is 6.54 Å². The van der Waals surface area contributed by atoms with Crippen molar-refractivity contribution in [3.8, 4) is 0 Å². The van der Waals surface area contributed by atoms with Crippen molar-refractivity contribution in [3.63, 3.8) is 0 Å². The van der Waals surface area contributed by atoms with E-state index in [-0.39, 0.29) is 5.91 Å². The maximum Gasteiger partial charge on any atom is 0.231 e. The first-order valence-corrected chi connectivity index (χ1v) is 6.76. The molecule has 98 valence electrons. The summed E-state index contributed by atoms with van der Waals surface area (Å²) in [6, 6.07) is 15.1. The summed E-state index contributed by atoms with van der Waals surface area (Å²) in [4.78, 5) is 13.4. The van der Waals surface area contributed by atoms with E-state index in [0.29, 0.717) is 12.6 Å². The van der Waals surface area contributed by atoms with Crippen LogP contribution in [0.15, 0.2) is 42.5 Å². The lowest BCUT2D eigenvalue weighted by molar-refractivity contribution is -0.119. The Morgan fingerprint density at radius 1 is 1.21 bits per heavy atom. The zero-order valence-corrected chi connectivity index (χ0v) is 10.9. The van der Waals surface area contributed by atoms with Crippen LogP contribution in [-0.4, -0.2) is 23.9 Å². The van der Waals surface area contributed by atoms with Crippen molar-refractivity contribution in [2.75, 3.05) is 13.1 Å². The summed E-state index contributed by atoms with van der Waals surface area (Å²) in [5.74, 6) is -0.243. The van der Waals surface area contributed by atoms with Crippen molar-refractivity contribution in [2.24, 2.45) is 5.73 Å². The molecule has 0 aliphatic carbocycles. The summed E-state index contributed by atoms with van der Waals surface area (Å²) < 4.78 is 0. The predicted octanol–water partition coefficient (Wildman–Crippen LogP) is 2.46. The van der Waals surface area contributed by atoms with Gasteiger partial charge in [-0.25, -0.2) is 0 Å². The van der Waals surface area contributed by atoms with Gasteiger partial charge in [-0.05, 0) is 35.7 Å². The predicted molar refractivity (Wildman–Crippen MR) is 76.7 cm³/mol. The number of nitrogens with two attached hydrogens (primary N) is 1. The Balaban J connectivity index is 2.01. The topological polar surface area (TPSA) is 46.3 Å². The van der Waals surface area contributed by atoms with Crippen molar-refractivity contribution >= 4 is 16.7 Å². The van der Waals surface area contributed by atoms with E-state index in [0.717, 1.165) is 19.4 Å². The van der Waals surface area contributed by atoms with Crippen LogP contribution in [0.5, 0.6) is 0 Å². The molecule has 3 rings (SSSR count). The summed E-state index contributed by atoms with van der Waals surface area (Å²) in [5, 5.41) is 2.54. The molecule has 3 heteroatoms. The molecular formula is C16H18N2O. The zero-order valence-electron chi connectivity index (χ0n) is 10.9. The van der Waals surface area contributed by atoms with E-state index in [4.69, 9.17) is 5.73 Å². The molecule has 0 saturated carbocycles. The number of benzene rings is 2. The number of amides is 1. The lowest BCUT2D eigenvalue weighted by atomic mass is 9.97. The van der Waals surface area contributed by atoms with Crippen molar-refractivity contribution < 1.29 is 4.79 Å². The third kappa shape index (κ3) is 2.34. The largest absolute Gasteiger partial charge is 0.369 e. The Kier molecular flexibility index (Phi) is 3.22. The standard InChI is InChI=1S/C16H18N2O/c17-16(19)11-18-10-4-9-15(18)14-8-3-6-12-5-1-2-7-13(12)14/h1-3,5-8,15H,4,9-11H2,(H2,17,19)/t15-/m0/s1. The average Bonchev–Trinajstić information content (AvgIpc) is 2.85. The molecule has 1 heterocycles. The molecule has 2 aromatic carbocycles. The fourth-order valence-electron chi connectivity index (χ4n) is 3.11. The maximum absolute atomic E-state index is 11.2. The Morgan fingerprint density at radius 2 is 2.00 bits per heavy atom. The molecule has 0 unspecified atom stereocenters. The highest BCUT2D eigenvalue weighted by atomic mass is 16.1. The normalized spacial score (nSPS) is 19.9. The number of likely N-dealkylation sites (tertiary alicyclic amines) is 1. The van der Waals surface area contributed by atoms with Gasteiger partial charge >= 0.3 is 0 Å². The summed E-state index contributed by atoms with van der Waals surface area (Å²) >= 11 is 0. The van der Waals surface area contributed by atoms with Crippen LogP contribution in [0.4, 0.5) is 0 Å². The summed E-state index contributed by atoms with van der Waals surface area (Å²) in [6.45, 7) is 1.31. The second-order valence-electron chi connectivity index (χ2n) is 5.16. The lowest BCUT2D eigenvalue weighted by Gasteiger charge is -2.24. The van der Waals surface area contributed by atoms with Crippen LogP contribution in [0, 0.1) is 0 Å². The Morgan fingerprint density at radius 3 is 2.84 bits per heavy atom. The molecule has 1 atom stereocenters. The van der Waals surface area contributed by atoms with Crippen molar-refractivity contribution in [2.45, 2.75) is 18.9 Å². The Hall–Kier alpha value is -1.87. The van der Waals surface area contributed by atoms with Crippen LogP contribution in [0.2, 0.25) is 0 Å². The van der Waals surface area contributed by atoms with Gasteiger partial charge in [0.2, 0.25) is 5.91 Å². The lowest BCUT2D eigenvalue weighted by Crippen LogP contribution is -2.33. The summed E-state index contributed by atoms with van der Waals surface area (Å²) in [6.07, 6.45) is 2.22. The van der Waals surface area contributed by atoms with Gasteiger partial charge in [0.15, 0.2) is 0 Å². The quantitative estimate of drug-likeness (QED) is 0.914. The minimum absolute atomic E-state index is 0.243. The number of hydrogen-bond donors (Lipinski definition) is 1. The van der Waals surface area contributed by atoms with Crippen LogP contribution in [-0.2, 0) is 4.79 Å². The van der Waals surface area contributed by atoms with Crippen LogP contribution in [0.3, 0.4) is 0 Å². The third-order valence-electron chi connectivity index (χ3n) is 3.90. The van der Waals surface area contributed by atoms with E-state index in [1.165, 1.54) is 16.3 Å². The molecule has 1 fully saturated rings. The second kappa shape index (κ2) is 5.02. The number of hydrogen-bond acceptors (Lipinski definition) is 2. The van der Waals surface area contributed by atoms with E-state index >= 15 is 0 Å². The number of carbonyl (C=O) groups is 1. The van der Waals surface area contributed by atoms with Gasteiger partial charge in [0.1, 0.15) is 0 Å². The zero-order chi connectivity index (χ0) is 13.2. The van der Waals surface area contributed by atoms with Gasteiger partial charge in [-0.15, -0.1) is 0 Å². The van der Waals surface area contributed by atoms with Gasteiger partial charge < -0.3 is 5.73 Å². The van der Waals surface area contributed by atoms with Gasteiger partial charge in [-0.1, -0.05) is 42.5 Å². The molecule has 0 spiro atoms. The Labute approximate surface area is 113 Å². The monoisotopic (exact) mass is 254 g/mol. The molecule has 1 aliphatic rings. The molecular weight excluding hydrogens is 236 g/mol. The maximum atomic E-state index is 11.2. The third-order valence-corrected chi connectivity index (χ3v) is 3.90. The number of primary amides is 1. The smallest absolute Gasteiger partial charge is 0.231 e. The minimum atomic E-state index is -0.243. The molecule has 0 bridgehead atoms. The molecule has 1 aliphatic heterocycles. The van der Waals surface area contributed by atoms with Crippen LogP contribution in [0.25, 0.3) is 10.8 Å². The molecule has 0 radical (unpaired) electrons. The van der Waals surface area contributed by atoms with Gasteiger partial charge in [0, 0.05) is 6.04 Å². The van der Waals surface area contributed by atoms with Crippen LogP contribution >= 0.6 is 0 Å². The molecule has 1 saturated heterocycles. The average molecular weight is 254 g/mol. The first-order chi connectivity index (χ1) is 9.25. The van der Waals surface area contributed by atoms with E-state index < -0.39 is 0 Å². The molecule has 3 nitrogen and oxygen atoms in total. The highest BCUT2D eigenvalue weighted by Gasteiger charge is 2.27. The molecule has 0 aromatic heterocycles. The van der Waals surface area contributed by atoms with E-state index in [1.54, 1.807) is 0 Å². The molecule has 19 heavy (non-hydrogen) atoms. The second-order valence-corrected chi connectivity index (χ2v) is 5.16. The van der Waals surface area contributed by atoms with E-state index in [1.807, 2.05) is 0 Å². The van der Waals surface area contributed by atoms with Gasteiger partial charge in [-0.3, -0.25) is 9.69 Å². The number of fused-ring (bicyclic) bond motifs is 1. The number of rotatable bonds is 3. The SMILES string of the molecule is NC(=O)CN1CCC[C@H]1c1cccc2ccccc12. The highest BCUT2D eigenvalue weighted by molar-refractivity contribution is 5.86. The van der Waals surface area contributed by atoms with E-state index in [9.17, 15) is 4.79 Å². The highest BCUT2D eigenvalue weighted by Crippen LogP contribution is 2.35. The number of nitrogens with zero attached hydrogens (tertiary/aromatic N) is 1. The molecule has 1 amide bonds. The van der Waals surface area contributed by atoms with E-state index in [2.05, 4.69) is 47.4 Å². The number of carbonyl (C=O) groups excluding carboxylic acids is 1. The van der Waals surface area contributed by atoms with Crippen molar-refractivity contribution in [1.29, 1.82) is 0 Å². The van der Waals surface area contributed by atoms with Crippen molar-refractivity contribution in [1.82, 2.24) is 4.90 Å². The fourth-order valence-corrected chi connectivity index (χ4v) is 3.11. The first kappa shape index (κ1) is 12.2. The minimum Gasteiger partial charge on any atom is -0.369 e. The van der Waals surface area contributed by atoms with Crippen molar-refractivity contribution in [3.05, 3.63) is 48.0 Å². The van der Waals surface area contributed by atoms with Gasteiger partial charge in [-0.2, -0.15) is 0 Å². The summed E-state index contributed by atoms with van der Waals surface area (Å²) in [7, 11) is 0. The fraction of sp³-hybridized carbons (Fsp3) is 0.312. The van der Waals surface area contributed by atoms with Crippen LogP contribution < -0.4 is 5.73 Å². The first-order valence-electron chi connectivity index (χ1n) is 6.76. The Bertz CT molecular complexity index is 603. The molecule has 2 N–H and O–H groups in total. The summed E-state index contributed by atoms with van der Waals surface area (Å²) in [5.41, 5.74) is 6.66.